The molecule has 1 unspecified atom stereocenters. The van der Waals surface area contributed by atoms with Gasteiger partial charge in [-0.25, -0.2) is 21.6 Å². The third kappa shape index (κ3) is 5.43. The molecule has 0 radical (unpaired) electrons. The van der Waals surface area contributed by atoms with E-state index in [0.29, 0.717) is 38.1 Å². The highest BCUT2D eigenvalue weighted by Crippen LogP contribution is 2.23. The zero-order valence-electron chi connectivity index (χ0n) is 15.4. The van der Waals surface area contributed by atoms with Crippen molar-refractivity contribution in [1.29, 1.82) is 0 Å². The number of primary amides is 1. The summed E-state index contributed by atoms with van der Waals surface area (Å²) in [7, 11) is -6.60. The SMILES string of the molecule is NC(=O)COc1ccc(S(=O)(=O)NC2CCN(C3CCS(=O)(=O)C3)CC2)cc1. The molecule has 1 aromatic rings. The van der Waals surface area contributed by atoms with E-state index < -0.39 is 25.8 Å². The Balaban J connectivity index is 1.53. The predicted molar refractivity (Wildman–Crippen MR) is 103 cm³/mol. The summed E-state index contributed by atoms with van der Waals surface area (Å²) in [5, 5.41) is 0. The summed E-state index contributed by atoms with van der Waals surface area (Å²) in [5.41, 5.74) is 5.00. The number of hydrogen-bond donors (Lipinski definition) is 2. The quantitative estimate of drug-likeness (QED) is 0.593. The lowest BCUT2D eigenvalue weighted by Crippen LogP contribution is -2.48. The average molecular weight is 432 g/mol. The van der Waals surface area contributed by atoms with Crippen LogP contribution in [0.5, 0.6) is 5.75 Å². The minimum Gasteiger partial charge on any atom is -0.484 e. The Morgan fingerprint density at radius 2 is 1.82 bits per heavy atom. The summed E-state index contributed by atoms with van der Waals surface area (Å²) in [4.78, 5) is 13.0. The summed E-state index contributed by atoms with van der Waals surface area (Å²) in [6.45, 7) is 1.08. The Labute approximate surface area is 165 Å². The van der Waals surface area contributed by atoms with Crippen molar-refractivity contribution in [3.05, 3.63) is 24.3 Å². The van der Waals surface area contributed by atoms with E-state index in [9.17, 15) is 21.6 Å². The monoisotopic (exact) mass is 431 g/mol. The molecule has 28 heavy (non-hydrogen) atoms. The van der Waals surface area contributed by atoms with Gasteiger partial charge in [0, 0.05) is 12.1 Å². The molecule has 0 saturated carbocycles. The second-order valence-electron chi connectivity index (χ2n) is 7.21. The number of nitrogens with zero attached hydrogens (tertiary/aromatic N) is 1. The molecule has 2 heterocycles. The molecule has 156 valence electrons. The van der Waals surface area contributed by atoms with E-state index in [2.05, 4.69) is 9.62 Å². The number of nitrogens with two attached hydrogens (primary N) is 1. The maximum Gasteiger partial charge on any atom is 0.255 e. The van der Waals surface area contributed by atoms with Crippen molar-refractivity contribution in [2.24, 2.45) is 5.73 Å². The number of hydrogen-bond acceptors (Lipinski definition) is 7. The first-order chi connectivity index (χ1) is 13.1. The number of rotatable bonds is 7. The zero-order chi connectivity index (χ0) is 20.4. The van der Waals surface area contributed by atoms with Crippen molar-refractivity contribution in [2.75, 3.05) is 31.2 Å². The van der Waals surface area contributed by atoms with Gasteiger partial charge < -0.3 is 10.5 Å². The zero-order valence-corrected chi connectivity index (χ0v) is 17.0. The Hall–Kier alpha value is -1.69. The molecule has 0 aliphatic carbocycles. The first kappa shape index (κ1) is 21.0. The Morgan fingerprint density at radius 3 is 2.36 bits per heavy atom. The average Bonchev–Trinajstić information content (AvgIpc) is 3.00. The molecule has 9 nitrogen and oxygen atoms in total. The molecule has 2 saturated heterocycles. The number of carbonyl (C=O) groups is 1. The lowest BCUT2D eigenvalue weighted by molar-refractivity contribution is -0.119. The Kier molecular flexibility index (Phi) is 6.28. The molecule has 1 aromatic carbocycles. The van der Waals surface area contributed by atoms with Crippen LogP contribution >= 0.6 is 0 Å². The number of piperidine rings is 1. The van der Waals surface area contributed by atoms with Crippen LogP contribution in [0.1, 0.15) is 19.3 Å². The van der Waals surface area contributed by atoms with Crippen molar-refractivity contribution < 1.29 is 26.4 Å². The van der Waals surface area contributed by atoms with Gasteiger partial charge in [-0.05, 0) is 56.6 Å². The van der Waals surface area contributed by atoms with E-state index in [4.69, 9.17) is 10.5 Å². The van der Waals surface area contributed by atoms with Gasteiger partial charge in [0.2, 0.25) is 10.0 Å². The van der Waals surface area contributed by atoms with Crippen molar-refractivity contribution in [2.45, 2.75) is 36.2 Å². The van der Waals surface area contributed by atoms with Crippen molar-refractivity contribution in [1.82, 2.24) is 9.62 Å². The minimum absolute atomic E-state index is 0.0514. The smallest absolute Gasteiger partial charge is 0.255 e. The maximum atomic E-state index is 12.6. The van der Waals surface area contributed by atoms with E-state index in [1.54, 1.807) is 0 Å². The molecule has 2 aliphatic rings. The molecule has 1 amide bonds. The number of ether oxygens (including phenoxy) is 1. The molecule has 3 rings (SSSR count). The fourth-order valence-corrected chi connectivity index (χ4v) is 6.67. The summed E-state index contributed by atoms with van der Waals surface area (Å²) in [6, 6.07) is 5.64. The highest BCUT2D eigenvalue weighted by Gasteiger charge is 2.34. The van der Waals surface area contributed by atoms with Crippen LogP contribution in [0.25, 0.3) is 0 Å². The van der Waals surface area contributed by atoms with Gasteiger partial charge in [0.1, 0.15) is 5.75 Å². The third-order valence-corrected chi connectivity index (χ3v) is 8.38. The number of sulfonamides is 1. The topological polar surface area (TPSA) is 136 Å². The number of sulfone groups is 1. The highest BCUT2D eigenvalue weighted by molar-refractivity contribution is 7.91. The van der Waals surface area contributed by atoms with Gasteiger partial charge in [-0.15, -0.1) is 0 Å². The molecule has 0 bridgehead atoms. The van der Waals surface area contributed by atoms with Crippen LogP contribution in [0.4, 0.5) is 0 Å². The summed E-state index contributed by atoms with van der Waals surface area (Å²) in [5.74, 6) is 0.189. The number of benzene rings is 1. The van der Waals surface area contributed by atoms with Crippen molar-refractivity contribution in [3.63, 3.8) is 0 Å². The molecule has 1 atom stereocenters. The number of nitrogens with one attached hydrogen (secondary N) is 1. The van der Waals surface area contributed by atoms with E-state index >= 15 is 0 Å². The summed E-state index contributed by atoms with van der Waals surface area (Å²) in [6.07, 6.45) is 1.92. The summed E-state index contributed by atoms with van der Waals surface area (Å²) < 4.78 is 56.3. The van der Waals surface area contributed by atoms with E-state index in [1.807, 2.05) is 0 Å². The number of carbonyl (C=O) groups excluding carboxylic acids is 1. The second-order valence-corrected chi connectivity index (χ2v) is 11.2. The van der Waals surface area contributed by atoms with Gasteiger partial charge in [-0.3, -0.25) is 9.69 Å². The third-order valence-electron chi connectivity index (χ3n) is 5.09. The van der Waals surface area contributed by atoms with Crippen LogP contribution in [0, 0.1) is 0 Å². The van der Waals surface area contributed by atoms with Crippen LogP contribution in [0.15, 0.2) is 29.2 Å². The van der Waals surface area contributed by atoms with Crippen molar-refractivity contribution in [3.8, 4) is 5.75 Å². The minimum atomic E-state index is -3.67. The fourth-order valence-electron chi connectivity index (χ4n) is 3.60. The fraction of sp³-hybridized carbons (Fsp3) is 0.588. The molecule has 11 heteroatoms. The Bertz CT molecular complexity index is 907. The van der Waals surface area contributed by atoms with E-state index in [-0.39, 0.29) is 35.1 Å². The number of likely N-dealkylation sites (tertiary alicyclic amines) is 1. The lowest BCUT2D eigenvalue weighted by atomic mass is 10.0. The van der Waals surface area contributed by atoms with Crippen LogP contribution in [-0.4, -0.2) is 70.9 Å². The molecule has 0 aromatic heterocycles. The molecule has 2 aliphatic heterocycles. The van der Waals surface area contributed by atoms with Gasteiger partial charge in [-0.1, -0.05) is 0 Å². The van der Waals surface area contributed by atoms with Gasteiger partial charge in [0.05, 0.1) is 16.4 Å². The summed E-state index contributed by atoms with van der Waals surface area (Å²) >= 11 is 0. The first-order valence-electron chi connectivity index (χ1n) is 9.13. The van der Waals surface area contributed by atoms with Crippen LogP contribution < -0.4 is 15.2 Å². The van der Waals surface area contributed by atoms with Crippen LogP contribution in [0.2, 0.25) is 0 Å². The van der Waals surface area contributed by atoms with E-state index in [1.165, 1.54) is 24.3 Å². The van der Waals surface area contributed by atoms with Gasteiger partial charge in [0.25, 0.3) is 5.91 Å². The molecule has 0 spiro atoms. The van der Waals surface area contributed by atoms with Gasteiger partial charge >= 0.3 is 0 Å². The largest absolute Gasteiger partial charge is 0.484 e. The molecular formula is C17H25N3O6S2. The molecular weight excluding hydrogens is 406 g/mol. The van der Waals surface area contributed by atoms with Crippen LogP contribution in [-0.2, 0) is 24.7 Å². The lowest BCUT2D eigenvalue weighted by Gasteiger charge is -2.35. The predicted octanol–water partition coefficient (Wildman–Crippen LogP) is -0.519. The normalized spacial score (nSPS) is 23.5. The number of amides is 1. The van der Waals surface area contributed by atoms with Crippen LogP contribution in [0.3, 0.4) is 0 Å². The van der Waals surface area contributed by atoms with Gasteiger partial charge in [0.15, 0.2) is 16.4 Å². The molecule has 2 fully saturated rings. The maximum absolute atomic E-state index is 12.6. The highest BCUT2D eigenvalue weighted by atomic mass is 32.2. The first-order valence-corrected chi connectivity index (χ1v) is 12.4. The second kappa shape index (κ2) is 8.36. The van der Waals surface area contributed by atoms with Crippen molar-refractivity contribution >= 4 is 25.8 Å². The van der Waals surface area contributed by atoms with E-state index in [0.717, 1.165) is 0 Å². The Morgan fingerprint density at radius 1 is 1.18 bits per heavy atom. The standard InChI is InChI=1S/C17H25N3O6S2/c18-17(21)11-26-15-1-3-16(4-2-15)28(24,25)19-13-5-8-20(9-6-13)14-7-10-27(22,23)12-14/h1-4,13-14,19H,5-12H2,(H2,18,21). The van der Waals surface area contributed by atoms with Gasteiger partial charge in [-0.2, -0.15) is 0 Å². The molecule has 3 N–H and O–H groups in total.